The van der Waals surface area contributed by atoms with Crippen molar-refractivity contribution in [3.8, 4) is 0 Å². The van der Waals surface area contributed by atoms with Crippen molar-refractivity contribution in [2.45, 2.75) is 19.4 Å². The highest BCUT2D eigenvalue weighted by Crippen LogP contribution is 2.20. The Bertz CT molecular complexity index is 433. The van der Waals surface area contributed by atoms with Crippen molar-refractivity contribution in [1.29, 1.82) is 0 Å². The molecule has 1 aromatic rings. The van der Waals surface area contributed by atoms with Gasteiger partial charge in [-0.05, 0) is 19.9 Å². The van der Waals surface area contributed by atoms with Crippen LogP contribution in [0.2, 0.25) is 0 Å². The van der Waals surface area contributed by atoms with Crippen LogP contribution >= 0.6 is 0 Å². The van der Waals surface area contributed by atoms with E-state index >= 15 is 0 Å². The van der Waals surface area contributed by atoms with Crippen LogP contribution < -0.4 is 11.1 Å². The molecule has 0 amide bonds. The van der Waals surface area contributed by atoms with Gasteiger partial charge in [0.15, 0.2) is 0 Å². The van der Waals surface area contributed by atoms with Gasteiger partial charge in [0.1, 0.15) is 11.4 Å². The van der Waals surface area contributed by atoms with Crippen LogP contribution in [0.25, 0.3) is 0 Å². The molecule has 0 aliphatic heterocycles. The third kappa shape index (κ3) is 3.59. The number of hydrogen-bond acceptors (Lipinski definition) is 6. The molecule has 0 radical (unpaired) electrons. The van der Waals surface area contributed by atoms with E-state index < -0.39 is 5.97 Å². The first-order valence-electron chi connectivity index (χ1n) is 5.50. The smallest absolute Gasteiger partial charge is 0.341 e. The predicted octanol–water partition coefficient (Wildman–Crippen LogP) is 1.29. The van der Waals surface area contributed by atoms with Crippen LogP contribution in [0, 0.1) is 0 Å². The summed E-state index contributed by atoms with van der Waals surface area (Å²) in [7, 11) is 2.93. The number of nitrogens with two attached hydrogens (primary N) is 1. The third-order valence-electron chi connectivity index (χ3n) is 2.28. The van der Waals surface area contributed by atoms with Gasteiger partial charge < -0.3 is 20.5 Å². The molecule has 1 rings (SSSR count). The molecule has 0 aliphatic carbocycles. The number of ether oxygens (including phenoxy) is 2. The van der Waals surface area contributed by atoms with Crippen LogP contribution in [0.5, 0.6) is 0 Å². The fourth-order valence-corrected chi connectivity index (χ4v) is 1.56. The summed E-state index contributed by atoms with van der Waals surface area (Å²) in [6.07, 6.45) is 1.48. The van der Waals surface area contributed by atoms with Crippen LogP contribution in [0.1, 0.15) is 24.2 Å². The molecule has 0 unspecified atom stereocenters. The number of rotatable bonds is 5. The van der Waals surface area contributed by atoms with E-state index in [1.165, 1.54) is 19.4 Å². The molecule has 18 heavy (non-hydrogen) atoms. The molecule has 0 bridgehead atoms. The van der Waals surface area contributed by atoms with Gasteiger partial charge in [-0.3, -0.25) is 0 Å². The molecule has 0 saturated carbocycles. The lowest BCUT2D eigenvalue weighted by Gasteiger charge is -2.26. The molecule has 100 valence electrons. The largest absolute Gasteiger partial charge is 0.465 e. The fraction of sp³-hybridized carbons (Fsp3) is 0.500. The number of anilines is 2. The first-order valence-corrected chi connectivity index (χ1v) is 5.50. The molecule has 0 fully saturated rings. The quantitative estimate of drug-likeness (QED) is 0.769. The van der Waals surface area contributed by atoms with Crippen molar-refractivity contribution in [1.82, 2.24) is 4.98 Å². The van der Waals surface area contributed by atoms with E-state index in [-0.39, 0.29) is 5.54 Å². The SMILES string of the molecule is COCC(C)(C)Nc1ncc(N)cc1C(=O)OC. The van der Waals surface area contributed by atoms with Crippen molar-refractivity contribution in [2.24, 2.45) is 0 Å². The average Bonchev–Trinajstić information content (AvgIpc) is 2.30. The zero-order chi connectivity index (χ0) is 13.8. The molecule has 1 heterocycles. The lowest BCUT2D eigenvalue weighted by Crippen LogP contribution is -2.37. The maximum absolute atomic E-state index is 11.6. The Hall–Kier alpha value is -1.82. The van der Waals surface area contributed by atoms with Gasteiger partial charge in [0.2, 0.25) is 0 Å². The highest BCUT2D eigenvalue weighted by Gasteiger charge is 2.22. The minimum atomic E-state index is -0.481. The molecule has 6 heteroatoms. The number of carbonyl (C=O) groups excluding carboxylic acids is 1. The summed E-state index contributed by atoms with van der Waals surface area (Å²) in [5, 5.41) is 3.14. The summed E-state index contributed by atoms with van der Waals surface area (Å²) in [5.74, 6) is -0.0522. The Morgan fingerprint density at radius 2 is 2.17 bits per heavy atom. The Balaban J connectivity index is 3.05. The minimum Gasteiger partial charge on any atom is -0.465 e. The van der Waals surface area contributed by atoms with E-state index in [4.69, 9.17) is 15.2 Å². The summed E-state index contributed by atoms with van der Waals surface area (Å²) < 4.78 is 9.80. The van der Waals surface area contributed by atoms with Crippen molar-refractivity contribution < 1.29 is 14.3 Å². The average molecular weight is 253 g/mol. The van der Waals surface area contributed by atoms with Crippen LogP contribution in [0.4, 0.5) is 11.5 Å². The monoisotopic (exact) mass is 253 g/mol. The number of aromatic nitrogens is 1. The minimum absolute atomic E-state index is 0.307. The maximum Gasteiger partial charge on any atom is 0.341 e. The van der Waals surface area contributed by atoms with Crippen molar-refractivity contribution in [3.05, 3.63) is 17.8 Å². The number of nitrogen functional groups attached to an aromatic ring is 1. The summed E-state index contributed by atoms with van der Waals surface area (Å²) in [5.41, 5.74) is 5.97. The predicted molar refractivity (Wildman–Crippen MR) is 69.6 cm³/mol. The van der Waals surface area contributed by atoms with Crippen LogP contribution in [-0.4, -0.2) is 37.3 Å². The number of nitrogens with zero attached hydrogens (tertiary/aromatic N) is 1. The lowest BCUT2D eigenvalue weighted by atomic mass is 10.1. The van der Waals surface area contributed by atoms with Crippen molar-refractivity contribution >= 4 is 17.5 Å². The standard InChI is InChI=1S/C12H19N3O3/c1-12(2,7-17-3)15-10-9(11(16)18-4)5-8(13)6-14-10/h5-6H,7,13H2,1-4H3,(H,14,15). The first kappa shape index (κ1) is 14.2. The zero-order valence-electron chi connectivity index (χ0n) is 11.1. The summed E-state index contributed by atoms with van der Waals surface area (Å²) in [6, 6.07) is 1.53. The van der Waals surface area contributed by atoms with Crippen LogP contribution in [0.3, 0.4) is 0 Å². The molecule has 3 N–H and O–H groups in total. The van der Waals surface area contributed by atoms with Gasteiger partial charge in [0.05, 0.1) is 31.1 Å². The van der Waals surface area contributed by atoms with Gasteiger partial charge >= 0.3 is 5.97 Å². The number of nitrogens with one attached hydrogen (secondary N) is 1. The van der Waals surface area contributed by atoms with Crippen molar-refractivity contribution in [2.75, 3.05) is 31.9 Å². The van der Waals surface area contributed by atoms with E-state index in [1.54, 1.807) is 7.11 Å². The van der Waals surface area contributed by atoms with E-state index in [9.17, 15) is 4.79 Å². The molecule has 0 spiro atoms. The molecular weight excluding hydrogens is 234 g/mol. The first-order chi connectivity index (χ1) is 8.39. The van der Waals surface area contributed by atoms with Gasteiger partial charge in [-0.1, -0.05) is 0 Å². The zero-order valence-corrected chi connectivity index (χ0v) is 11.1. The molecule has 0 aliphatic rings. The van der Waals surface area contributed by atoms with Crippen LogP contribution in [-0.2, 0) is 9.47 Å². The second kappa shape index (κ2) is 5.68. The van der Waals surface area contributed by atoms with E-state index in [0.717, 1.165) is 0 Å². The molecular formula is C12H19N3O3. The molecule has 6 nitrogen and oxygen atoms in total. The van der Waals surface area contributed by atoms with E-state index in [0.29, 0.717) is 23.7 Å². The van der Waals surface area contributed by atoms with Gasteiger partial charge in [0.25, 0.3) is 0 Å². The van der Waals surface area contributed by atoms with Gasteiger partial charge in [-0.2, -0.15) is 0 Å². The highest BCUT2D eigenvalue weighted by atomic mass is 16.5. The molecule has 1 aromatic heterocycles. The topological polar surface area (TPSA) is 86.5 Å². The summed E-state index contributed by atoms with van der Waals surface area (Å²) in [4.78, 5) is 15.8. The molecule has 0 atom stereocenters. The second-order valence-corrected chi connectivity index (χ2v) is 4.60. The van der Waals surface area contributed by atoms with Crippen LogP contribution in [0.15, 0.2) is 12.3 Å². The summed E-state index contributed by atoms with van der Waals surface area (Å²) in [6.45, 7) is 4.35. The summed E-state index contributed by atoms with van der Waals surface area (Å²) >= 11 is 0. The van der Waals surface area contributed by atoms with Gasteiger partial charge in [-0.15, -0.1) is 0 Å². The maximum atomic E-state index is 11.6. The number of esters is 1. The van der Waals surface area contributed by atoms with E-state index in [2.05, 4.69) is 10.3 Å². The molecule has 0 aromatic carbocycles. The Kier molecular flexibility index (Phi) is 4.49. The number of pyridine rings is 1. The number of hydrogen-bond donors (Lipinski definition) is 2. The Morgan fingerprint density at radius 3 is 2.72 bits per heavy atom. The van der Waals surface area contributed by atoms with Gasteiger partial charge in [-0.25, -0.2) is 9.78 Å². The van der Waals surface area contributed by atoms with Crippen molar-refractivity contribution in [3.63, 3.8) is 0 Å². The highest BCUT2D eigenvalue weighted by molar-refractivity contribution is 5.95. The normalized spacial score (nSPS) is 11.1. The third-order valence-corrected chi connectivity index (χ3v) is 2.28. The lowest BCUT2D eigenvalue weighted by molar-refractivity contribution is 0.0601. The molecule has 0 saturated heterocycles. The van der Waals surface area contributed by atoms with E-state index in [1.807, 2.05) is 13.8 Å². The Morgan fingerprint density at radius 1 is 1.50 bits per heavy atom. The number of methoxy groups -OCH3 is 2. The fourth-order valence-electron chi connectivity index (χ4n) is 1.56. The number of carbonyl (C=O) groups is 1. The second-order valence-electron chi connectivity index (χ2n) is 4.60. The Labute approximate surface area is 106 Å². The van der Waals surface area contributed by atoms with Gasteiger partial charge in [0, 0.05) is 7.11 Å².